The van der Waals surface area contributed by atoms with Crippen molar-refractivity contribution in [3.8, 4) is 17.2 Å². The minimum absolute atomic E-state index is 0.240. The summed E-state index contributed by atoms with van der Waals surface area (Å²) in [6.45, 7) is 2.00. The van der Waals surface area contributed by atoms with Gasteiger partial charge in [-0.05, 0) is 55.0 Å². The number of oxazole rings is 1. The second kappa shape index (κ2) is 7.48. The maximum atomic E-state index is 11.0. The highest BCUT2D eigenvalue weighted by Gasteiger charge is 2.17. The van der Waals surface area contributed by atoms with Crippen LogP contribution in [0.4, 0.5) is 11.4 Å². The summed E-state index contributed by atoms with van der Waals surface area (Å²) in [5, 5.41) is 21.1. The molecule has 0 radical (unpaired) electrons. The van der Waals surface area contributed by atoms with E-state index in [-0.39, 0.29) is 11.3 Å². The molecule has 0 aliphatic carbocycles. The fraction of sp³-hybridized carbons (Fsp3) is 0.0476. The average molecular weight is 452 g/mol. The minimum Gasteiger partial charge on any atom is -0.502 e. The summed E-state index contributed by atoms with van der Waals surface area (Å²) in [7, 11) is 0. The molecule has 4 rings (SSSR count). The molecule has 8 heteroatoms. The number of halogens is 1. The SMILES string of the molecule is Cc1ccc2oc(-c3ccc(N=Cc4cc(Br)cc([N+](=O)[O-])c4O)cc3)nc2c1. The van der Waals surface area contributed by atoms with Crippen molar-refractivity contribution < 1.29 is 14.4 Å². The summed E-state index contributed by atoms with van der Waals surface area (Å²) >= 11 is 3.20. The summed E-state index contributed by atoms with van der Waals surface area (Å²) < 4.78 is 6.27. The molecule has 1 N–H and O–H groups in total. The molecule has 0 aliphatic heterocycles. The molecular weight excluding hydrogens is 438 g/mol. The maximum absolute atomic E-state index is 11.0. The molecule has 0 bridgehead atoms. The van der Waals surface area contributed by atoms with Crippen LogP contribution in [0.5, 0.6) is 5.75 Å². The first kappa shape index (κ1) is 18.8. The van der Waals surface area contributed by atoms with Crippen LogP contribution in [0.3, 0.4) is 0 Å². The second-order valence-electron chi connectivity index (χ2n) is 6.42. The number of nitro groups is 1. The van der Waals surface area contributed by atoms with E-state index >= 15 is 0 Å². The van der Waals surface area contributed by atoms with Gasteiger partial charge in [0.05, 0.1) is 10.6 Å². The molecule has 0 spiro atoms. The number of rotatable bonds is 4. The Balaban J connectivity index is 1.60. The van der Waals surface area contributed by atoms with Gasteiger partial charge in [0, 0.05) is 27.9 Å². The fourth-order valence-corrected chi connectivity index (χ4v) is 3.30. The van der Waals surface area contributed by atoms with Gasteiger partial charge in [0.25, 0.3) is 0 Å². The number of phenolic OH excluding ortho intramolecular Hbond substituents is 1. The van der Waals surface area contributed by atoms with Gasteiger partial charge in [-0.2, -0.15) is 0 Å². The Hall–Kier alpha value is -3.52. The second-order valence-corrected chi connectivity index (χ2v) is 7.33. The van der Waals surface area contributed by atoms with Gasteiger partial charge in [0.2, 0.25) is 11.6 Å². The monoisotopic (exact) mass is 451 g/mol. The van der Waals surface area contributed by atoms with E-state index in [9.17, 15) is 15.2 Å². The Morgan fingerprint density at radius 1 is 1.17 bits per heavy atom. The quantitative estimate of drug-likeness (QED) is 0.235. The lowest BCUT2D eigenvalue weighted by Crippen LogP contribution is -1.92. The summed E-state index contributed by atoms with van der Waals surface area (Å²) in [6, 6.07) is 15.8. The third kappa shape index (κ3) is 3.88. The van der Waals surface area contributed by atoms with E-state index in [4.69, 9.17) is 4.42 Å². The van der Waals surface area contributed by atoms with E-state index in [0.29, 0.717) is 16.1 Å². The van der Waals surface area contributed by atoms with E-state index in [1.807, 2.05) is 37.3 Å². The Morgan fingerprint density at radius 2 is 1.93 bits per heavy atom. The molecular formula is C21H14BrN3O4. The minimum atomic E-state index is -0.645. The van der Waals surface area contributed by atoms with Crippen LogP contribution < -0.4 is 0 Å². The Morgan fingerprint density at radius 3 is 2.66 bits per heavy atom. The van der Waals surface area contributed by atoms with Gasteiger partial charge in [-0.15, -0.1) is 0 Å². The number of aromatic hydroxyl groups is 1. The molecule has 0 unspecified atom stereocenters. The number of phenols is 1. The van der Waals surface area contributed by atoms with Gasteiger partial charge in [0.15, 0.2) is 5.58 Å². The predicted octanol–water partition coefficient (Wildman–Crippen LogP) is 5.93. The van der Waals surface area contributed by atoms with Crippen LogP contribution in [-0.2, 0) is 0 Å². The summed E-state index contributed by atoms with van der Waals surface area (Å²) in [6.07, 6.45) is 1.38. The van der Waals surface area contributed by atoms with Crippen LogP contribution in [0, 0.1) is 17.0 Å². The highest BCUT2D eigenvalue weighted by molar-refractivity contribution is 9.10. The van der Waals surface area contributed by atoms with Crippen molar-refractivity contribution in [2.75, 3.05) is 0 Å². The molecule has 0 saturated carbocycles. The van der Waals surface area contributed by atoms with E-state index in [1.54, 1.807) is 18.2 Å². The van der Waals surface area contributed by atoms with Crippen molar-refractivity contribution in [3.05, 3.63) is 80.3 Å². The van der Waals surface area contributed by atoms with Gasteiger partial charge < -0.3 is 9.52 Å². The van der Waals surface area contributed by atoms with Crippen LogP contribution in [0.25, 0.3) is 22.6 Å². The lowest BCUT2D eigenvalue weighted by molar-refractivity contribution is -0.385. The van der Waals surface area contributed by atoms with Crippen molar-refractivity contribution in [3.63, 3.8) is 0 Å². The molecule has 0 amide bonds. The van der Waals surface area contributed by atoms with Gasteiger partial charge >= 0.3 is 5.69 Å². The summed E-state index contributed by atoms with van der Waals surface area (Å²) in [5.41, 5.74) is 3.90. The highest BCUT2D eigenvalue weighted by Crippen LogP contribution is 2.33. The van der Waals surface area contributed by atoms with Crippen LogP contribution >= 0.6 is 15.9 Å². The molecule has 0 fully saturated rings. The number of fused-ring (bicyclic) bond motifs is 1. The Kier molecular flexibility index (Phi) is 4.85. The lowest BCUT2D eigenvalue weighted by Gasteiger charge is -2.02. The molecule has 0 aliphatic rings. The molecule has 0 saturated heterocycles. The molecule has 1 heterocycles. The summed E-state index contributed by atoms with van der Waals surface area (Å²) in [5.74, 6) is 0.0849. The number of aliphatic imine (C=N–C) groups is 1. The normalized spacial score (nSPS) is 11.4. The van der Waals surface area contributed by atoms with Crippen molar-refractivity contribution in [1.82, 2.24) is 4.98 Å². The molecule has 29 heavy (non-hydrogen) atoms. The number of aromatic nitrogens is 1. The molecule has 7 nitrogen and oxygen atoms in total. The third-order valence-corrected chi connectivity index (χ3v) is 4.75. The number of aryl methyl sites for hydroxylation is 1. The third-order valence-electron chi connectivity index (χ3n) is 4.29. The molecule has 144 valence electrons. The van der Waals surface area contributed by atoms with Gasteiger partial charge in [0.1, 0.15) is 5.52 Å². The van der Waals surface area contributed by atoms with Crippen LogP contribution in [0.15, 0.2) is 68.5 Å². The number of hydrogen-bond acceptors (Lipinski definition) is 6. The standard InChI is InChI=1S/C21H14BrN3O4/c1-12-2-7-19-17(8-12)24-21(29-19)13-3-5-16(6-4-13)23-11-14-9-15(22)10-18(20(14)26)25(27)28/h2-11,26H,1H3. The first-order valence-electron chi connectivity index (χ1n) is 8.59. The van der Waals surface area contributed by atoms with Crippen LogP contribution in [0.1, 0.15) is 11.1 Å². The zero-order valence-electron chi connectivity index (χ0n) is 15.2. The number of nitro benzene ring substituents is 1. The Bertz CT molecular complexity index is 1260. The van der Waals surface area contributed by atoms with Crippen molar-refractivity contribution in [2.45, 2.75) is 6.92 Å². The van der Waals surface area contributed by atoms with Crippen molar-refractivity contribution >= 4 is 44.6 Å². The Labute approximate surface area is 173 Å². The molecule has 3 aromatic carbocycles. The number of nitrogens with zero attached hydrogens (tertiary/aromatic N) is 3. The van der Waals surface area contributed by atoms with E-state index < -0.39 is 10.7 Å². The zero-order valence-corrected chi connectivity index (χ0v) is 16.8. The zero-order chi connectivity index (χ0) is 20.5. The number of hydrogen-bond donors (Lipinski definition) is 1. The number of benzene rings is 3. The molecule has 0 atom stereocenters. The smallest absolute Gasteiger partial charge is 0.312 e. The van der Waals surface area contributed by atoms with Gasteiger partial charge in [-0.25, -0.2) is 4.98 Å². The average Bonchev–Trinajstić information content (AvgIpc) is 3.11. The van der Waals surface area contributed by atoms with Gasteiger partial charge in [-0.3, -0.25) is 15.1 Å². The highest BCUT2D eigenvalue weighted by atomic mass is 79.9. The van der Waals surface area contributed by atoms with E-state index in [1.165, 1.54) is 12.3 Å². The molecule has 4 aromatic rings. The van der Waals surface area contributed by atoms with Gasteiger partial charge in [-0.1, -0.05) is 22.0 Å². The van der Waals surface area contributed by atoms with Crippen LogP contribution in [0.2, 0.25) is 0 Å². The van der Waals surface area contributed by atoms with E-state index in [0.717, 1.165) is 22.2 Å². The maximum Gasteiger partial charge on any atom is 0.312 e. The molecule has 1 aromatic heterocycles. The lowest BCUT2D eigenvalue weighted by atomic mass is 10.2. The van der Waals surface area contributed by atoms with Crippen molar-refractivity contribution in [2.24, 2.45) is 4.99 Å². The summed E-state index contributed by atoms with van der Waals surface area (Å²) in [4.78, 5) is 19.2. The van der Waals surface area contributed by atoms with Crippen molar-refractivity contribution in [1.29, 1.82) is 0 Å². The largest absolute Gasteiger partial charge is 0.502 e. The first-order chi connectivity index (χ1) is 13.9. The van der Waals surface area contributed by atoms with E-state index in [2.05, 4.69) is 25.9 Å². The topological polar surface area (TPSA) is 102 Å². The predicted molar refractivity (Wildman–Crippen MR) is 114 cm³/mol. The van der Waals surface area contributed by atoms with Crippen LogP contribution in [-0.4, -0.2) is 21.2 Å². The fourth-order valence-electron chi connectivity index (χ4n) is 2.84. The first-order valence-corrected chi connectivity index (χ1v) is 9.38.